The van der Waals surface area contributed by atoms with E-state index in [-0.39, 0.29) is 18.9 Å². The zero-order valence-electron chi connectivity index (χ0n) is 15.3. The van der Waals surface area contributed by atoms with Crippen LogP contribution in [-0.4, -0.2) is 46.9 Å². The molecule has 1 aliphatic heterocycles. The molecule has 1 atom stereocenters. The molecule has 0 spiro atoms. The molecule has 1 aliphatic rings. The summed E-state index contributed by atoms with van der Waals surface area (Å²) in [6.07, 6.45) is 5.86. The van der Waals surface area contributed by atoms with Crippen LogP contribution in [0.5, 0.6) is 0 Å². The Bertz CT molecular complexity index is 829. The van der Waals surface area contributed by atoms with Gasteiger partial charge in [-0.2, -0.15) is 0 Å². The molecule has 27 heavy (non-hydrogen) atoms. The molecule has 2 heterocycles. The molecule has 1 fully saturated rings. The number of carbonyl (C=O) groups is 3. The predicted octanol–water partition coefficient (Wildman–Crippen LogP) is 1.90. The summed E-state index contributed by atoms with van der Waals surface area (Å²) >= 11 is 0. The maximum absolute atomic E-state index is 12.3. The molecule has 7 nitrogen and oxygen atoms in total. The molecule has 0 radical (unpaired) electrons. The Balaban J connectivity index is 1.43. The van der Waals surface area contributed by atoms with Gasteiger partial charge in [0.25, 0.3) is 5.91 Å². The number of piperidine rings is 1. The van der Waals surface area contributed by atoms with E-state index in [1.165, 1.54) is 4.90 Å². The highest BCUT2D eigenvalue weighted by Gasteiger charge is 2.30. The minimum Gasteiger partial charge on any atom is -0.456 e. The molecule has 0 aliphatic carbocycles. The number of esters is 1. The molecule has 0 bridgehead atoms. The van der Waals surface area contributed by atoms with Crippen molar-refractivity contribution in [1.29, 1.82) is 0 Å². The average molecular weight is 371 g/mol. The number of ether oxygens (including phenoxy) is 1. The van der Waals surface area contributed by atoms with Crippen molar-refractivity contribution in [2.75, 3.05) is 13.2 Å². The number of aromatic nitrogens is 1. The summed E-state index contributed by atoms with van der Waals surface area (Å²) in [4.78, 5) is 40.3. The van der Waals surface area contributed by atoms with Crippen molar-refractivity contribution in [1.82, 2.24) is 9.88 Å². The number of fused-ring (bicyclic) bond motifs is 1. The summed E-state index contributed by atoms with van der Waals surface area (Å²) in [6.45, 7) is 0.139. The molecule has 1 aromatic heterocycles. The highest BCUT2D eigenvalue weighted by molar-refractivity contribution is 5.88. The maximum Gasteiger partial charge on any atom is 0.306 e. The van der Waals surface area contributed by atoms with Crippen molar-refractivity contribution in [3.05, 3.63) is 36.0 Å². The van der Waals surface area contributed by atoms with Gasteiger partial charge in [-0.1, -0.05) is 18.2 Å². The van der Waals surface area contributed by atoms with Crippen LogP contribution in [0.1, 0.15) is 37.7 Å². The van der Waals surface area contributed by atoms with E-state index in [0.29, 0.717) is 19.4 Å². The fourth-order valence-electron chi connectivity index (χ4n) is 3.58. The normalized spacial score (nSPS) is 17.0. The van der Waals surface area contributed by atoms with Gasteiger partial charge in [0.2, 0.25) is 5.91 Å². The monoisotopic (exact) mass is 371 g/mol. The number of amides is 2. The fraction of sp³-hybridized carbons (Fsp3) is 0.450. The van der Waals surface area contributed by atoms with Crippen LogP contribution in [0.25, 0.3) is 10.9 Å². The molecule has 3 rings (SSSR count). The summed E-state index contributed by atoms with van der Waals surface area (Å²) in [5.41, 5.74) is 7.59. The number of H-pyrrole nitrogens is 1. The first kappa shape index (κ1) is 18.9. The number of nitrogens with two attached hydrogens (primary N) is 1. The summed E-state index contributed by atoms with van der Waals surface area (Å²) in [5.74, 6) is -1.27. The van der Waals surface area contributed by atoms with E-state index in [4.69, 9.17) is 10.5 Å². The zero-order valence-corrected chi connectivity index (χ0v) is 15.3. The van der Waals surface area contributed by atoms with Crippen LogP contribution >= 0.6 is 0 Å². The minimum absolute atomic E-state index is 0.242. The first-order valence-corrected chi connectivity index (χ1v) is 9.35. The smallest absolute Gasteiger partial charge is 0.306 e. The number of aryl methyl sites for hydroxylation is 1. The third-order valence-electron chi connectivity index (χ3n) is 5.01. The minimum atomic E-state index is -0.591. The van der Waals surface area contributed by atoms with E-state index in [0.717, 1.165) is 35.7 Å². The first-order valence-electron chi connectivity index (χ1n) is 9.35. The topological polar surface area (TPSA) is 105 Å². The standard InChI is InChI=1S/C20H25N3O4/c21-20(26)17-9-3-4-11-23(17)18(24)13-27-19(25)10-5-6-14-12-22-16-8-2-1-7-15(14)16/h1-2,7-8,12,17,22H,3-6,9-11,13H2,(H2,21,26)/t17-/m0/s1. The van der Waals surface area contributed by atoms with Crippen LogP contribution in [-0.2, 0) is 25.5 Å². The number of hydrogen-bond donors (Lipinski definition) is 2. The lowest BCUT2D eigenvalue weighted by atomic mass is 10.0. The Morgan fingerprint density at radius 3 is 2.85 bits per heavy atom. The van der Waals surface area contributed by atoms with E-state index in [1.807, 2.05) is 30.5 Å². The number of primary amides is 1. The van der Waals surface area contributed by atoms with Gasteiger partial charge in [0.15, 0.2) is 6.61 Å². The number of aromatic amines is 1. The average Bonchev–Trinajstić information content (AvgIpc) is 3.09. The van der Waals surface area contributed by atoms with Gasteiger partial charge < -0.3 is 20.4 Å². The van der Waals surface area contributed by atoms with Gasteiger partial charge in [-0.05, 0) is 43.7 Å². The molecule has 0 unspecified atom stereocenters. The molecule has 7 heteroatoms. The summed E-state index contributed by atoms with van der Waals surface area (Å²) in [5, 5.41) is 1.16. The number of likely N-dealkylation sites (tertiary alicyclic amines) is 1. The van der Waals surface area contributed by atoms with E-state index < -0.39 is 17.9 Å². The Kier molecular flexibility index (Phi) is 6.11. The molecule has 2 aromatic rings. The SMILES string of the molecule is NC(=O)[C@@H]1CCCCN1C(=O)COC(=O)CCCc1c[nH]c2ccccc12. The molecule has 1 saturated heterocycles. The van der Waals surface area contributed by atoms with Gasteiger partial charge in [-0.25, -0.2) is 0 Å². The predicted molar refractivity (Wildman–Crippen MR) is 101 cm³/mol. The largest absolute Gasteiger partial charge is 0.456 e. The number of rotatable bonds is 7. The number of carbonyl (C=O) groups excluding carboxylic acids is 3. The Morgan fingerprint density at radius 1 is 1.22 bits per heavy atom. The number of nitrogens with zero attached hydrogens (tertiary/aromatic N) is 1. The van der Waals surface area contributed by atoms with Crippen molar-refractivity contribution >= 4 is 28.7 Å². The molecular formula is C20H25N3O4. The lowest BCUT2D eigenvalue weighted by Gasteiger charge is -2.33. The van der Waals surface area contributed by atoms with Gasteiger partial charge in [0.1, 0.15) is 6.04 Å². The van der Waals surface area contributed by atoms with Gasteiger partial charge in [0, 0.05) is 30.1 Å². The van der Waals surface area contributed by atoms with Crippen LogP contribution < -0.4 is 5.73 Å². The Hall–Kier alpha value is -2.83. The van der Waals surface area contributed by atoms with Gasteiger partial charge >= 0.3 is 5.97 Å². The van der Waals surface area contributed by atoms with Crippen LogP contribution in [0.15, 0.2) is 30.5 Å². The van der Waals surface area contributed by atoms with Gasteiger partial charge in [-0.15, -0.1) is 0 Å². The first-order chi connectivity index (χ1) is 13.1. The van der Waals surface area contributed by atoms with Crippen LogP contribution in [0, 0.1) is 0 Å². The van der Waals surface area contributed by atoms with E-state index in [2.05, 4.69) is 4.98 Å². The molecule has 144 valence electrons. The van der Waals surface area contributed by atoms with Crippen molar-refractivity contribution < 1.29 is 19.1 Å². The number of para-hydroxylation sites is 1. The maximum atomic E-state index is 12.3. The van der Waals surface area contributed by atoms with Gasteiger partial charge in [-0.3, -0.25) is 14.4 Å². The molecule has 1 aromatic carbocycles. The third kappa shape index (κ3) is 4.67. The molecule has 3 N–H and O–H groups in total. The third-order valence-corrected chi connectivity index (χ3v) is 5.01. The number of benzene rings is 1. The van der Waals surface area contributed by atoms with Crippen molar-refractivity contribution in [3.63, 3.8) is 0 Å². The lowest BCUT2D eigenvalue weighted by molar-refractivity contribution is -0.154. The van der Waals surface area contributed by atoms with Crippen LogP contribution in [0.4, 0.5) is 0 Å². The summed E-state index contributed by atoms with van der Waals surface area (Å²) in [7, 11) is 0. The van der Waals surface area contributed by atoms with E-state index >= 15 is 0 Å². The second-order valence-electron chi connectivity index (χ2n) is 6.87. The van der Waals surface area contributed by atoms with Crippen molar-refractivity contribution in [2.24, 2.45) is 5.73 Å². The Labute approximate surface area is 157 Å². The number of nitrogens with one attached hydrogen (secondary N) is 1. The van der Waals surface area contributed by atoms with Crippen molar-refractivity contribution in [2.45, 2.75) is 44.6 Å². The zero-order chi connectivity index (χ0) is 19.2. The number of hydrogen-bond acceptors (Lipinski definition) is 4. The van der Waals surface area contributed by atoms with E-state index in [9.17, 15) is 14.4 Å². The van der Waals surface area contributed by atoms with Crippen molar-refractivity contribution in [3.8, 4) is 0 Å². The lowest BCUT2D eigenvalue weighted by Crippen LogP contribution is -2.51. The van der Waals surface area contributed by atoms with Crippen LogP contribution in [0.2, 0.25) is 0 Å². The quantitative estimate of drug-likeness (QED) is 0.725. The van der Waals surface area contributed by atoms with E-state index in [1.54, 1.807) is 0 Å². The highest BCUT2D eigenvalue weighted by Crippen LogP contribution is 2.20. The summed E-state index contributed by atoms with van der Waals surface area (Å²) < 4.78 is 5.10. The molecule has 2 amide bonds. The molecular weight excluding hydrogens is 346 g/mol. The highest BCUT2D eigenvalue weighted by atomic mass is 16.5. The fourth-order valence-corrected chi connectivity index (χ4v) is 3.58. The summed E-state index contributed by atoms with van der Waals surface area (Å²) in [6, 6.07) is 7.43. The van der Waals surface area contributed by atoms with Gasteiger partial charge in [0.05, 0.1) is 0 Å². The Morgan fingerprint density at radius 2 is 2.04 bits per heavy atom. The second-order valence-corrected chi connectivity index (χ2v) is 6.87. The van der Waals surface area contributed by atoms with Crippen LogP contribution in [0.3, 0.4) is 0 Å². The molecule has 0 saturated carbocycles. The second kappa shape index (κ2) is 8.70.